The van der Waals surface area contributed by atoms with Gasteiger partial charge in [0.25, 0.3) is 0 Å². The van der Waals surface area contributed by atoms with E-state index in [1.807, 2.05) is 16.8 Å². The molecule has 0 aliphatic heterocycles. The maximum absolute atomic E-state index is 6.03. The Balaban J connectivity index is 2.24. The van der Waals surface area contributed by atoms with Gasteiger partial charge < -0.3 is 5.32 Å². The molecular formula is C15H20BrClN4. The fraction of sp³-hybridized carbons (Fsp3) is 0.467. The zero-order valence-electron chi connectivity index (χ0n) is 12.3. The molecule has 0 bridgehead atoms. The average Bonchev–Trinajstić information content (AvgIpc) is 2.86. The van der Waals surface area contributed by atoms with E-state index in [1.165, 1.54) is 5.56 Å². The van der Waals surface area contributed by atoms with Crippen molar-refractivity contribution in [2.24, 2.45) is 0 Å². The standard InChI is InChI=1S/C15H20BrClN4/c1-3-7-21-15(19-10-20-21)9-14(18-4-2)12-6-5-11(17)8-13(12)16/h5-6,8,10,14,18H,3-4,7,9H2,1-2H3. The lowest BCUT2D eigenvalue weighted by Crippen LogP contribution is -2.25. The van der Waals surface area contributed by atoms with Crippen LogP contribution < -0.4 is 5.32 Å². The molecule has 0 saturated carbocycles. The number of nitrogens with one attached hydrogen (secondary N) is 1. The van der Waals surface area contributed by atoms with E-state index < -0.39 is 0 Å². The lowest BCUT2D eigenvalue weighted by atomic mass is 10.0. The van der Waals surface area contributed by atoms with Crippen LogP contribution >= 0.6 is 27.5 Å². The molecule has 1 atom stereocenters. The summed E-state index contributed by atoms with van der Waals surface area (Å²) in [5.74, 6) is 1.00. The first-order valence-corrected chi connectivity index (χ1v) is 8.37. The molecule has 0 amide bonds. The SMILES string of the molecule is CCCn1ncnc1CC(NCC)c1ccc(Cl)cc1Br. The van der Waals surface area contributed by atoms with Crippen LogP contribution in [0.1, 0.15) is 37.7 Å². The molecule has 2 rings (SSSR count). The molecule has 0 fully saturated rings. The normalized spacial score (nSPS) is 12.6. The quantitative estimate of drug-likeness (QED) is 0.800. The number of hydrogen-bond acceptors (Lipinski definition) is 3. The Bertz CT molecular complexity index is 585. The summed E-state index contributed by atoms with van der Waals surface area (Å²) in [7, 11) is 0. The molecule has 1 N–H and O–H groups in total. The van der Waals surface area contributed by atoms with Gasteiger partial charge >= 0.3 is 0 Å². The molecule has 0 aliphatic carbocycles. The molecule has 114 valence electrons. The van der Waals surface area contributed by atoms with Crippen LogP contribution in [-0.2, 0) is 13.0 Å². The van der Waals surface area contributed by atoms with Crippen molar-refractivity contribution < 1.29 is 0 Å². The van der Waals surface area contributed by atoms with E-state index in [2.05, 4.69) is 51.2 Å². The summed E-state index contributed by atoms with van der Waals surface area (Å²) in [6, 6.07) is 6.09. The number of aromatic nitrogens is 3. The number of aryl methyl sites for hydroxylation is 1. The van der Waals surface area contributed by atoms with Gasteiger partial charge in [0.2, 0.25) is 0 Å². The highest BCUT2D eigenvalue weighted by Gasteiger charge is 2.17. The molecule has 1 aromatic carbocycles. The van der Waals surface area contributed by atoms with Crippen LogP contribution in [0.25, 0.3) is 0 Å². The molecule has 4 nitrogen and oxygen atoms in total. The van der Waals surface area contributed by atoms with Gasteiger partial charge in [-0.15, -0.1) is 0 Å². The molecule has 1 aromatic heterocycles. The predicted octanol–water partition coefficient (Wildman–Crippen LogP) is 4.00. The summed E-state index contributed by atoms with van der Waals surface area (Å²) in [5.41, 5.74) is 1.19. The van der Waals surface area contributed by atoms with Gasteiger partial charge in [-0.3, -0.25) is 4.68 Å². The smallest absolute Gasteiger partial charge is 0.138 e. The fourth-order valence-corrected chi connectivity index (χ4v) is 3.31. The highest BCUT2D eigenvalue weighted by molar-refractivity contribution is 9.10. The van der Waals surface area contributed by atoms with Crippen LogP contribution in [0.3, 0.4) is 0 Å². The van der Waals surface area contributed by atoms with E-state index in [9.17, 15) is 0 Å². The van der Waals surface area contributed by atoms with Crippen LogP contribution in [0.15, 0.2) is 29.0 Å². The summed E-state index contributed by atoms with van der Waals surface area (Å²) < 4.78 is 3.00. The van der Waals surface area contributed by atoms with Crippen LogP contribution in [0.5, 0.6) is 0 Å². The van der Waals surface area contributed by atoms with Gasteiger partial charge in [-0.2, -0.15) is 5.10 Å². The Morgan fingerprint density at radius 2 is 2.19 bits per heavy atom. The fourth-order valence-electron chi connectivity index (χ4n) is 2.35. The van der Waals surface area contributed by atoms with E-state index >= 15 is 0 Å². The van der Waals surface area contributed by atoms with E-state index in [0.717, 1.165) is 41.3 Å². The number of rotatable bonds is 7. The zero-order chi connectivity index (χ0) is 15.2. The number of likely N-dealkylation sites (N-methyl/N-ethyl adjacent to an activating group) is 1. The predicted molar refractivity (Wildman–Crippen MR) is 89.6 cm³/mol. The van der Waals surface area contributed by atoms with Gasteiger partial charge in [-0.05, 0) is 30.7 Å². The average molecular weight is 372 g/mol. The molecule has 0 radical (unpaired) electrons. The molecule has 1 heterocycles. The van der Waals surface area contributed by atoms with Gasteiger partial charge in [-0.25, -0.2) is 4.98 Å². The van der Waals surface area contributed by atoms with Crippen LogP contribution in [0, 0.1) is 0 Å². The third-order valence-corrected chi connectivity index (χ3v) is 4.23. The third kappa shape index (κ3) is 4.28. The number of benzene rings is 1. The Labute approximate surface area is 139 Å². The molecule has 0 saturated heterocycles. The van der Waals surface area contributed by atoms with E-state index in [1.54, 1.807) is 6.33 Å². The van der Waals surface area contributed by atoms with Crippen LogP contribution in [0.4, 0.5) is 0 Å². The topological polar surface area (TPSA) is 42.7 Å². The molecule has 1 unspecified atom stereocenters. The van der Waals surface area contributed by atoms with Crippen molar-refractivity contribution >= 4 is 27.5 Å². The van der Waals surface area contributed by atoms with E-state index in [4.69, 9.17) is 11.6 Å². The molecule has 2 aromatic rings. The summed E-state index contributed by atoms with van der Waals surface area (Å²) in [4.78, 5) is 4.40. The number of nitrogens with zero attached hydrogens (tertiary/aromatic N) is 3. The zero-order valence-corrected chi connectivity index (χ0v) is 14.7. The summed E-state index contributed by atoms with van der Waals surface area (Å²) in [6.45, 7) is 6.04. The lowest BCUT2D eigenvalue weighted by molar-refractivity contribution is 0.497. The maximum atomic E-state index is 6.03. The van der Waals surface area contributed by atoms with Crippen molar-refractivity contribution in [2.75, 3.05) is 6.54 Å². The van der Waals surface area contributed by atoms with Crippen LogP contribution in [0.2, 0.25) is 5.02 Å². The Morgan fingerprint density at radius 1 is 1.38 bits per heavy atom. The number of halogens is 2. The highest BCUT2D eigenvalue weighted by atomic mass is 79.9. The first-order valence-electron chi connectivity index (χ1n) is 7.20. The van der Waals surface area contributed by atoms with Crippen molar-refractivity contribution in [1.29, 1.82) is 0 Å². The first-order chi connectivity index (χ1) is 10.2. The molecule has 0 aliphatic rings. The maximum Gasteiger partial charge on any atom is 0.138 e. The Hall–Kier alpha value is -0.910. The van der Waals surface area contributed by atoms with Crippen molar-refractivity contribution in [3.63, 3.8) is 0 Å². The van der Waals surface area contributed by atoms with Gasteiger partial charge in [0.05, 0.1) is 0 Å². The minimum Gasteiger partial charge on any atom is -0.310 e. The van der Waals surface area contributed by atoms with Gasteiger partial charge in [0.1, 0.15) is 12.2 Å². The van der Waals surface area contributed by atoms with Crippen molar-refractivity contribution in [1.82, 2.24) is 20.1 Å². The monoisotopic (exact) mass is 370 g/mol. The Morgan fingerprint density at radius 3 is 2.86 bits per heavy atom. The van der Waals surface area contributed by atoms with E-state index in [-0.39, 0.29) is 6.04 Å². The molecule has 0 spiro atoms. The molecule has 6 heteroatoms. The lowest BCUT2D eigenvalue weighted by Gasteiger charge is -2.20. The molecule has 21 heavy (non-hydrogen) atoms. The van der Waals surface area contributed by atoms with E-state index in [0.29, 0.717) is 0 Å². The van der Waals surface area contributed by atoms with Gasteiger partial charge in [-0.1, -0.05) is 47.4 Å². The minimum atomic E-state index is 0.182. The largest absolute Gasteiger partial charge is 0.310 e. The van der Waals surface area contributed by atoms with Crippen molar-refractivity contribution in [3.8, 4) is 0 Å². The van der Waals surface area contributed by atoms with Gasteiger partial charge in [0, 0.05) is 28.5 Å². The van der Waals surface area contributed by atoms with Crippen molar-refractivity contribution in [2.45, 2.75) is 39.3 Å². The second kappa shape index (κ2) is 7.92. The minimum absolute atomic E-state index is 0.182. The molecular weight excluding hydrogens is 352 g/mol. The van der Waals surface area contributed by atoms with Crippen molar-refractivity contribution in [3.05, 3.63) is 45.4 Å². The summed E-state index contributed by atoms with van der Waals surface area (Å²) >= 11 is 9.63. The first kappa shape index (κ1) is 16.5. The second-order valence-corrected chi connectivity index (χ2v) is 6.17. The second-order valence-electron chi connectivity index (χ2n) is 4.88. The highest BCUT2D eigenvalue weighted by Crippen LogP contribution is 2.28. The van der Waals surface area contributed by atoms with Crippen LogP contribution in [-0.4, -0.2) is 21.3 Å². The third-order valence-electron chi connectivity index (χ3n) is 3.31. The summed E-state index contributed by atoms with van der Waals surface area (Å²) in [5, 5.41) is 8.54. The summed E-state index contributed by atoms with van der Waals surface area (Å²) in [6.07, 6.45) is 3.48. The van der Waals surface area contributed by atoms with Gasteiger partial charge in [0.15, 0.2) is 0 Å². The number of hydrogen-bond donors (Lipinski definition) is 1. The Kier molecular flexibility index (Phi) is 6.21.